The van der Waals surface area contributed by atoms with Gasteiger partial charge in [0.15, 0.2) is 0 Å². The van der Waals surface area contributed by atoms with Crippen LogP contribution in [0.3, 0.4) is 0 Å². The first-order valence-electron chi connectivity index (χ1n) is 35.3. The summed E-state index contributed by atoms with van der Waals surface area (Å²) in [7, 11) is 0. The summed E-state index contributed by atoms with van der Waals surface area (Å²) < 4.78 is 13.9. The smallest absolute Gasteiger partial charge is 0.221 e. The highest BCUT2D eigenvalue weighted by Gasteiger charge is 2.25. The van der Waals surface area contributed by atoms with Crippen molar-refractivity contribution in [2.75, 3.05) is 0 Å². The van der Waals surface area contributed by atoms with Crippen molar-refractivity contribution < 1.29 is 0 Å². The van der Waals surface area contributed by atoms with Crippen LogP contribution in [0.15, 0.2) is 352 Å². The summed E-state index contributed by atoms with van der Waals surface area (Å²) in [5, 5.41) is 11.8. The van der Waals surface area contributed by atoms with Crippen LogP contribution in [0.25, 0.3) is 199 Å². The number of aromatic nitrogens is 10. The fourth-order valence-corrected chi connectivity index (χ4v) is 16.6. The third kappa shape index (κ3) is 8.69. The number of fused-ring (bicyclic) bond motifs is 22. The number of para-hydroxylation sites is 10. The van der Waals surface area contributed by atoms with Gasteiger partial charge in [-0.15, -0.1) is 0 Å². The van der Waals surface area contributed by atoms with E-state index in [9.17, 15) is 0 Å². The molecule has 0 unspecified atom stereocenters. The van der Waals surface area contributed by atoms with Crippen LogP contribution < -0.4 is 0 Å². The summed E-state index contributed by atoms with van der Waals surface area (Å²) in [6.07, 6.45) is 0. The summed E-state index contributed by atoms with van der Waals surface area (Å²) in [5.74, 6) is 1.65. The molecule has 0 spiro atoms. The highest BCUT2D eigenvalue weighted by atomic mass is 15.2. The van der Waals surface area contributed by atoms with E-state index in [1.807, 2.05) is 24.3 Å². The quantitative estimate of drug-likeness (QED) is 0.159. The Labute approximate surface area is 594 Å². The van der Waals surface area contributed by atoms with E-state index >= 15 is 0 Å². The number of benzene rings is 15. The molecule has 484 valence electrons. The standard InChI is InChI=1S/C50H31N5.C44H27N5/c1-3-13-32(14-4-1)34-23-26-45-39(29-34)40-30-35(33-15-5-2-6-16-33)24-27-46(40)53(45)36-25-28-47-41(31-36)37-17-8-11-21-44(37)54(47)50-52-42-19-9-7-18-38(42)49-51-43-20-10-12-22-48(43)55(49)50;1-5-18-36-34(17-1)43-45-37-19-6-10-23-42(37)49(43)44(46-36)48-40-22-9-4-16-33(40)35-27-29(24-25-41(35)48)28-12-11-13-30(26-28)47-38-20-7-2-14-31(38)32-15-3-8-21-39(32)47/h1-31H;1-27H. The maximum atomic E-state index is 5.37. The number of nitrogens with zero attached hydrogens (tertiary/aromatic N) is 10. The second-order valence-corrected chi connectivity index (χ2v) is 27.0. The summed E-state index contributed by atoms with van der Waals surface area (Å²) in [6, 6.07) is 126. The minimum Gasteiger partial charge on any atom is -0.309 e. The van der Waals surface area contributed by atoms with Gasteiger partial charge in [0.25, 0.3) is 0 Å². The van der Waals surface area contributed by atoms with E-state index in [2.05, 4.69) is 355 Å². The molecule has 0 saturated heterocycles. The monoisotopic (exact) mass is 1330 g/mol. The SMILES string of the molecule is c1cc(-c2ccc3c(c2)c2ccccc2n3-c2nc3ccccc3c3nc4ccccc4n23)cc(-n2c3ccccc3c3ccccc32)c1.c1ccc(-c2ccc3c(c2)c2cc(-c4ccccc4)ccc2n3-c2ccc3c(c2)c2ccccc2n3-c2nc3ccccc3c3nc4ccccc4n23)cc1. The van der Waals surface area contributed by atoms with Gasteiger partial charge in [-0.2, -0.15) is 0 Å². The number of imidazole rings is 2. The molecular formula is C94H58N10. The Morgan fingerprint density at radius 2 is 0.462 bits per heavy atom. The van der Waals surface area contributed by atoms with Crippen LogP contribution in [0.5, 0.6) is 0 Å². The van der Waals surface area contributed by atoms with Gasteiger partial charge in [-0.1, -0.05) is 212 Å². The first-order chi connectivity index (χ1) is 51.6. The minimum absolute atomic E-state index is 0.820. The van der Waals surface area contributed by atoms with Crippen molar-refractivity contribution in [3.63, 3.8) is 0 Å². The second-order valence-electron chi connectivity index (χ2n) is 27.0. The molecule has 0 aliphatic rings. The van der Waals surface area contributed by atoms with Crippen LogP contribution in [-0.2, 0) is 0 Å². The van der Waals surface area contributed by atoms with Gasteiger partial charge in [0.2, 0.25) is 11.9 Å². The second kappa shape index (κ2) is 22.7. The van der Waals surface area contributed by atoms with E-state index < -0.39 is 0 Å². The number of hydrogen-bond acceptors (Lipinski definition) is 4. The molecule has 23 aromatic rings. The summed E-state index contributed by atoms with van der Waals surface area (Å²) >= 11 is 0. The molecule has 0 radical (unpaired) electrons. The molecule has 0 bridgehead atoms. The van der Waals surface area contributed by atoms with E-state index in [-0.39, 0.29) is 0 Å². The molecular weight excluding hydrogens is 1270 g/mol. The van der Waals surface area contributed by atoms with E-state index in [1.54, 1.807) is 0 Å². The molecule has 0 aliphatic carbocycles. The molecule has 0 saturated carbocycles. The van der Waals surface area contributed by atoms with Crippen LogP contribution in [0.1, 0.15) is 0 Å². The zero-order valence-corrected chi connectivity index (χ0v) is 56.0. The molecule has 8 heterocycles. The maximum Gasteiger partial charge on any atom is 0.221 e. The van der Waals surface area contributed by atoms with Crippen molar-refractivity contribution >= 4 is 142 Å². The summed E-state index contributed by atoms with van der Waals surface area (Å²) in [5.41, 5.74) is 26.2. The lowest BCUT2D eigenvalue weighted by Crippen LogP contribution is -2.06. The van der Waals surface area contributed by atoms with Gasteiger partial charge in [-0.3, -0.25) is 17.9 Å². The van der Waals surface area contributed by atoms with Crippen LogP contribution in [-0.4, -0.2) is 47.0 Å². The van der Waals surface area contributed by atoms with Gasteiger partial charge in [0.05, 0.1) is 77.2 Å². The predicted octanol–water partition coefficient (Wildman–Crippen LogP) is 23.5. The largest absolute Gasteiger partial charge is 0.309 e. The van der Waals surface area contributed by atoms with E-state index in [4.69, 9.17) is 19.9 Å². The Bertz CT molecular complexity index is 7340. The molecule has 8 aromatic heterocycles. The van der Waals surface area contributed by atoms with Crippen LogP contribution in [0.4, 0.5) is 0 Å². The zero-order chi connectivity index (χ0) is 68.1. The Balaban J connectivity index is 0.000000132. The van der Waals surface area contributed by atoms with Crippen molar-refractivity contribution in [2.24, 2.45) is 0 Å². The van der Waals surface area contributed by atoms with Crippen LogP contribution >= 0.6 is 0 Å². The molecule has 15 aromatic carbocycles. The van der Waals surface area contributed by atoms with Gasteiger partial charge in [0.1, 0.15) is 11.3 Å². The van der Waals surface area contributed by atoms with Crippen molar-refractivity contribution in [2.45, 2.75) is 0 Å². The first kappa shape index (κ1) is 57.7. The summed E-state index contributed by atoms with van der Waals surface area (Å²) in [4.78, 5) is 20.9. The minimum atomic E-state index is 0.820. The van der Waals surface area contributed by atoms with Gasteiger partial charge < -0.3 is 9.13 Å². The highest BCUT2D eigenvalue weighted by Crippen LogP contribution is 2.43. The van der Waals surface area contributed by atoms with Crippen molar-refractivity contribution in [1.29, 1.82) is 0 Å². The normalized spacial score (nSPS) is 12.0. The molecule has 23 rings (SSSR count). The third-order valence-corrected chi connectivity index (χ3v) is 21.2. The lowest BCUT2D eigenvalue weighted by atomic mass is 10.0. The fraction of sp³-hybridized carbons (Fsp3) is 0. The molecule has 0 aliphatic heterocycles. The lowest BCUT2D eigenvalue weighted by Gasteiger charge is -2.13. The Hall–Kier alpha value is -14.2. The van der Waals surface area contributed by atoms with Gasteiger partial charge in [-0.25, -0.2) is 19.9 Å². The van der Waals surface area contributed by atoms with Gasteiger partial charge in [-0.05, 0) is 173 Å². The van der Waals surface area contributed by atoms with Crippen LogP contribution in [0, 0.1) is 0 Å². The molecule has 104 heavy (non-hydrogen) atoms. The van der Waals surface area contributed by atoms with Crippen molar-refractivity contribution in [1.82, 2.24) is 47.0 Å². The lowest BCUT2D eigenvalue weighted by molar-refractivity contribution is 0.979. The maximum absolute atomic E-state index is 5.37. The van der Waals surface area contributed by atoms with E-state index in [0.29, 0.717) is 0 Å². The third-order valence-electron chi connectivity index (χ3n) is 21.2. The Morgan fingerprint density at radius 3 is 0.923 bits per heavy atom. The first-order valence-corrected chi connectivity index (χ1v) is 35.3. The highest BCUT2D eigenvalue weighted by molar-refractivity contribution is 6.15. The van der Waals surface area contributed by atoms with Crippen molar-refractivity contribution in [3.05, 3.63) is 352 Å². The topological polar surface area (TPSA) is 80.1 Å². The van der Waals surface area contributed by atoms with E-state index in [0.717, 1.165) is 106 Å². The Morgan fingerprint density at radius 1 is 0.163 bits per heavy atom. The average Bonchev–Trinajstić information content (AvgIpc) is 1.58. The van der Waals surface area contributed by atoms with Crippen LogP contribution in [0.2, 0.25) is 0 Å². The molecule has 0 amide bonds. The average molecular weight is 1330 g/mol. The molecule has 10 heteroatoms. The van der Waals surface area contributed by atoms with Gasteiger partial charge >= 0.3 is 0 Å². The van der Waals surface area contributed by atoms with Crippen molar-refractivity contribution in [3.8, 4) is 56.7 Å². The molecule has 0 fully saturated rings. The predicted molar refractivity (Wildman–Crippen MR) is 430 cm³/mol. The fourth-order valence-electron chi connectivity index (χ4n) is 16.6. The number of rotatable bonds is 7. The van der Waals surface area contributed by atoms with Gasteiger partial charge in [0, 0.05) is 65.2 Å². The number of hydrogen-bond donors (Lipinski definition) is 0. The molecule has 0 atom stereocenters. The molecule has 10 nitrogen and oxygen atoms in total. The Kier molecular flexibility index (Phi) is 12.6. The molecule has 0 N–H and O–H groups in total. The summed E-state index contributed by atoms with van der Waals surface area (Å²) in [6.45, 7) is 0. The van der Waals surface area contributed by atoms with E-state index in [1.165, 1.54) is 93.2 Å². The zero-order valence-electron chi connectivity index (χ0n) is 56.0.